The van der Waals surface area contributed by atoms with Crippen LogP contribution in [0.3, 0.4) is 0 Å². The zero-order chi connectivity index (χ0) is 4.12. The van der Waals surface area contributed by atoms with Crippen LogP contribution in [0.1, 0.15) is 0 Å². The molecule has 4 heteroatoms. The maximum atomic E-state index is 6.00. The zero-order valence-electron chi connectivity index (χ0n) is 2.55. The Morgan fingerprint density at radius 3 is 2.40 bits per heavy atom. The van der Waals surface area contributed by atoms with Gasteiger partial charge in [0.05, 0.1) is 0 Å². The minimum atomic E-state index is 0.944. The van der Waals surface area contributed by atoms with E-state index in [-0.39, 0.29) is 0 Å². The number of nitrogens with one attached hydrogen (secondary N) is 1. The summed E-state index contributed by atoms with van der Waals surface area (Å²) in [4.78, 5) is 0. The molecular weight excluding hydrogens is 68.0 g/mol. The van der Waals surface area contributed by atoms with E-state index >= 15 is 0 Å². The highest BCUT2D eigenvalue weighted by Gasteiger charge is 1.43. The van der Waals surface area contributed by atoms with Gasteiger partial charge in [0.25, 0.3) is 0 Å². The van der Waals surface area contributed by atoms with E-state index < -0.39 is 0 Å². The molecule has 0 radical (unpaired) electrons. The fraction of sp³-hybridized carbons (Fsp3) is 0. The highest BCUT2D eigenvalue weighted by atomic mass is 15.2. The van der Waals surface area contributed by atoms with E-state index in [0.717, 1.165) is 6.34 Å². The van der Waals surface area contributed by atoms with Crippen molar-refractivity contribution in [2.75, 3.05) is 0 Å². The van der Waals surface area contributed by atoms with Crippen LogP contribution in [0.15, 0.2) is 10.2 Å². The molecule has 3 N–H and O–H groups in total. The van der Waals surface area contributed by atoms with Crippen LogP contribution < -0.4 is 5.84 Å². The normalized spacial score (nSPS) is 8.80. The van der Waals surface area contributed by atoms with Crippen LogP contribution in [-0.2, 0) is 0 Å². The second-order valence-electron chi connectivity index (χ2n) is 0.394. The van der Waals surface area contributed by atoms with Gasteiger partial charge in [-0.25, -0.2) is 5.53 Å². The summed E-state index contributed by atoms with van der Waals surface area (Å²) in [5.41, 5.74) is 6.00. The molecular formula is CH4N4. The third-order valence-electron chi connectivity index (χ3n) is 0.124. The van der Waals surface area contributed by atoms with Gasteiger partial charge in [-0.15, -0.1) is 5.11 Å². The molecule has 0 spiro atoms. The second-order valence-corrected chi connectivity index (χ2v) is 0.394. The molecule has 0 aromatic heterocycles. The lowest BCUT2D eigenvalue weighted by Gasteiger charge is -1.58. The Labute approximate surface area is 29.2 Å². The lowest BCUT2D eigenvalue weighted by atomic mass is 11.4. The van der Waals surface area contributed by atoms with Crippen LogP contribution >= 0.6 is 0 Å². The van der Waals surface area contributed by atoms with Crippen LogP contribution in [0.4, 0.5) is 0 Å². The minimum Gasteiger partial charge on any atom is -0.322 e. The number of rotatable bonds is 1. The molecule has 0 bridgehead atoms. The Kier molecular flexibility index (Phi) is 2.50. The Morgan fingerprint density at radius 2 is 2.40 bits per heavy atom. The standard InChI is InChI=1S/CH4N4/c2-4-1-5-3/h1-2H,3H2. The molecule has 28 valence electrons. The van der Waals surface area contributed by atoms with Gasteiger partial charge in [0.1, 0.15) is 0 Å². The summed E-state index contributed by atoms with van der Waals surface area (Å²) in [5, 5.41) is 5.56. The van der Waals surface area contributed by atoms with Crippen LogP contribution in [0, 0.1) is 5.53 Å². The van der Waals surface area contributed by atoms with Crippen LogP contribution in [0.25, 0.3) is 0 Å². The molecule has 0 unspecified atom stereocenters. The van der Waals surface area contributed by atoms with Crippen molar-refractivity contribution in [2.24, 2.45) is 16.1 Å². The van der Waals surface area contributed by atoms with Gasteiger partial charge in [0.15, 0.2) is 6.34 Å². The summed E-state index contributed by atoms with van der Waals surface area (Å²) in [5.74, 6) is 4.49. The monoisotopic (exact) mass is 72.0 g/mol. The lowest BCUT2D eigenvalue weighted by molar-refractivity contribution is 1.17. The molecule has 0 rings (SSSR count). The van der Waals surface area contributed by atoms with Crippen molar-refractivity contribution in [3.63, 3.8) is 0 Å². The lowest BCUT2D eigenvalue weighted by Crippen LogP contribution is -1.75. The molecule has 0 aliphatic carbocycles. The molecule has 0 aromatic rings. The van der Waals surface area contributed by atoms with Crippen molar-refractivity contribution in [1.82, 2.24) is 0 Å². The Balaban J connectivity index is 2.92. The van der Waals surface area contributed by atoms with E-state index in [0.29, 0.717) is 0 Å². The van der Waals surface area contributed by atoms with E-state index in [1.165, 1.54) is 0 Å². The van der Waals surface area contributed by atoms with Crippen molar-refractivity contribution in [3.05, 3.63) is 0 Å². The zero-order valence-corrected chi connectivity index (χ0v) is 2.55. The number of hydrogen-bond acceptors (Lipinski definition) is 3. The number of nitrogens with two attached hydrogens (primary N) is 1. The summed E-state index contributed by atoms with van der Waals surface area (Å²) in [6.45, 7) is 0. The Bertz CT molecular complexity index is 45.6. The summed E-state index contributed by atoms with van der Waals surface area (Å²) in [7, 11) is 0. The summed E-state index contributed by atoms with van der Waals surface area (Å²) >= 11 is 0. The van der Waals surface area contributed by atoms with Gasteiger partial charge in [-0.05, 0) is 0 Å². The van der Waals surface area contributed by atoms with E-state index in [2.05, 4.69) is 16.1 Å². The minimum absolute atomic E-state index is 0.944. The summed E-state index contributed by atoms with van der Waals surface area (Å²) in [6, 6.07) is 0. The Morgan fingerprint density at radius 1 is 1.80 bits per heavy atom. The topological polar surface area (TPSA) is 74.6 Å². The molecule has 0 heterocycles. The molecule has 4 nitrogen and oxygen atoms in total. The molecule has 0 saturated heterocycles. The highest BCUT2D eigenvalue weighted by Crippen LogP contribution is 1.44. The quantitative estimate of drug-likeness (QED) is 0.147. The maximum Gasteiger partial charge on any atom is 0.156 e. The van der Waals surface area contributed by atoms with Gasteiger partial charge in [0.2, 0.25) is 0 Å². The summed E-state index contributed by atoms with van der Waals surface area (Å²) in [6.07, 6.45) is 0.944. The van der Waals surface area contributed by atoms with Crippen LogP contribution in [0.2, 0.25) is 0 Å². The average Bonchev–Trinajstić information content (AvgIpc) is 1.41. The maximum absolute atomic E-state index is 6.00. The third-order valence-corrected chi connectivity index (χ3v) is 0.124. The smallest absolute Gasteiger partial charge is 0.156 e. The SMILES string of the molecule is N=NC=NN. The van der Waals surface area contributed by atoms with Gasteiger partial charge < -0.3 is 5.84 Å². The van der Waals surface area contributed by atoms with E-state index in [9.17, 15) is 0 Å². The van der Waals surface area contributed by atoms with E-state index in [1.807, 2.05) is 0 Å². The molecule has 0 aliphatic rings. The summed E-state index contributed by atoms with van der Waals surface area (Å²) < 4.78 is 0. The van der Waals surface area contributed by atoms with Gasteiger partial charge in [-0.1, -0.05) is 0 Å². The molecule has 0 amide bonds. The van der Waals surface area contributed by atoms with E-state index in [4.69, 9.17) is 5.53 Å². The average molecular weight is 72.1 g/mol. The number of hydrazone groups is 1. The van der Waals surface area contributed by atoms with Gasteiger partial charge in [0, 0.05) is 0 Å². The van der Waals surface area contributed by atoms with Crippen molar-refractivity contribution in [1.29, 1.82) is 5.53 Å². The molecule has 0 aromatic carbocycles. The first-order chi connectivity index (χ1) is 2.41. The number of hydrogen-bond donors (Lipinski definition) is 2. The first-order valence-corrected chi connectivity index (χ1v) is 0.998. The second kappa shape index (κ2) is 3.07. The third kappa shape index (κ3) is 3.07. The number of nitrogens with zero attached hydrogens (tertiary/aromatic N) is 2. The first kappa shape index (κ1) is 4.07. The van der Waals surface area contributed by atoms with Crippen molar-refractivity contribution < 1.29 is 0 Å². The molecule has 5 heavy (non-hydrogen) atoms. The van der Waals surface area contributed by atoms with Crippen LogP contribution in [-0.4, -0.2) is 6.34 Å². The van der Waals surface area contributed by atoms with Crippen molar-refractivity contribution in [3.8, 4) is 0 Å². The molecule has 0 saturated carbocycles. The largest absolute Gasteiger partial charge is 0.322 e. The van der Waals surface area contributed by atoms with Crippen molar-refractivity contribution >= 4 is 6.34 Å². The van der Waals surface area contributed by atoms with Gasteiger partial charge >= 0.3 is 0 Å². The Hall–Kier alpha value is -0.930. The molecule has 0 fully saturated rings. The fourth-order valence-electron chi connectivity index (χ4n) is 0.0333. The predicted octanol–water partition coefficient (Wildman–Crippen LogP) is -0.0806. The van der Waals surface area contributed by atoms with Crippen LogP contribution in [0.5, 0.6) is 0 Å². The van der Waals surface area contributed by atoms with Gasteiger partial charge in [-0.3, -0.25) is 0 Å². The molecule has 0 atom stereocenters. The highest BCUT2D eigenvalue weighted by molar-refractivity contribution is 5.52. The van der Waals surface area contributed by atoms with E-state index in [1.54, 1.807) is 0 Å². The first-order valence-electron chi connectivity index (χ1n) is 0.998. The molecule has 0 aliphatic heterocycles. The fourth-order valence-corrected chi connectivity index (χ4v) is 0.0333. The predicted molar refractivity (Wildman–Crippen MR) is 17.8 cm³/mol. The van der Waals surface area contributed by atoms with Gasteiger partial charge in [-0.2, -0.15) is 5.10 Å². The van der Waals surface area contributed by atoms with Crippen molar-refractivity contribution in [2.45, 2.75) is 0 Å².